The monoisotopic (exact) mass is 285 g/mol. The Bertz CT molecular complexity index is 625. The van der Waals surface area contributed by atoms with E-state index in [-0.39, 0.29) is 0 Å². The molecule has 2 aromatic heterocycles. The molecule has 112 valence electrons. The normalized spacial score (nSPS) is 22.6. The summed E-state index contributed by atoms with van der Waals surface area (Å²) in [6.07, 6.45) is 7.18. The molecule has 5 nitrogen and oxygen atoms in total. The van der Waals surface area contributed by atoms with Crippen LogP contribution in [0.5, 0.6) is 0 Å². The van der Waals surface area contributed by atoms with E-state index in [1.165, 1.54) is 37.8 Å². The zero-order valence-corrected chi connectivity index (χ0v) is 12.6. The number of hydrogen-bond donors (Lipinski definition) is 1. The lowest BCUT2D eigenvalue weighted by Gasteiger charge is -2.29. The lowest BCUT2D eigenvalue weighted by molar-refractivity contribution is 0.374. The molecule has 0 bridgehead atoms. The number of hydrogen-bond acceptors (Lipinski definition) is 4. The summed E-state index contributed by atoms with van der Waals surface area (Å²) in [6.45, 7) is 5.50. The van der Waals surface area contributed by atoms with Crippen LogP contribution in [0.25, 0.3) is 5.65 Å². The number of aryl methyl sites for hydroxylation is 1. The summed E-state index contributed by atoms with van der Waals surface area (Å²) in [5.41, 5.74) is 2.17. The second kappa shape index (κ2) is 5.30. The van der Waals surface area contributed by atoms with E-state index in [9.17, 15) is 0 Å². The highest BCUT2D eigenvalue weighted by molar-refractivity contribution is 5.51. The lowest BCUT2D eigenvalue weighted by atomic mass is 9.99. The minimum Gasteiger partial charge on any atom is -0.336 e. The van der Waals surface area contributed by atoms with Gasteiger partial charge in [-0.2, -0.15) is 4.98 Å². The molecule has 1 saturated heterocycles. The maximum absolute atomic E-state index is 4.80. The topological polar surface area (TPSA) is 45.5 Å². The summed E-state index contributed by atoms with van der Waals surface area (Å²) in [5.74, 6) is 1.64. The minimum atomic E-state index is 0.657. The van der Waals surface area contributed by atoms with Crippen LogP contribution in [-0.4, -0.2) is 40.3 Å². The number of rotatable bonds is 4. The smallest absolute Gasteiger partial charge is 0.245 e. The maximum Gasteiger partial charge on any atom is 0.245 e. The summed E-state index contributed by atoms with van der Waals surface area (Å²) in [5, 5.41) is 8.23. The number of nitrogens with one attached hydrogen (secondary N) is 1. The summed E-state index contributed by atoms with van der Waals surface area (Å²) in [7, 11) is 0. The summed E-state index contributed by atoms with van der Waals surface area (Å²) in [6, 6.07) is 4.79. The zero-order chi connectivity index (χ0) is 14.2. The van der Waals surface area contributed by atoms with Gasteiger partial charge in [0.25, 0.3) is 0 Å². The van der Waals surface area contributed by atoms with Crippen LogP contribution < -0.4 is 10.2 Å². The Morgan fingerprint density at radius 3 is 3.00 bits per heavy atom. The van der Waals surface area contributed by atoms with Gasteiger partial charge in [-0.15, -0.1) is 5.10 Å². The molecule has 1 saturated carbocycles. The van der Waals surface area contributed by atoms with Gasteiger partial charge in [-0.1, -0.05) is 6.07 Å². The van der Waals surface area contributed by atoms with Gasteiger partial charge in [0.1, 0.15) is 0 Å². The first kappa shape index (κ1) is 13.1. The molecule has 1 aliphatic heterocycles. The van der Waals surface area contributed by atoms with Gasteiger partial charge in [-0.05, 0) is 63.2 Å². The Morgan fingerprint density at radius 2 is 2.29 bits per heavy atom. The molecular formula is C16H23N5. The highest BCUT2D eigenvalue weighted by atomic mass is 15.4. The second-order valence-electron chi connectivity index (χ2n) is 6.47. The summed E-state index contributed by atoms with van der Waals surface area (Å²) in [4.78, 5) is 7.25. The fourth-order valence-corrected chi connectivity index (χ4v) is 3.29. The van der Waals surface area contributed by atoms with E-state index < -0.39 is 0 Å². The average Bonchev–Trinajstić information content (AvgIpc) is 3.25. The quantitative estimate of drug-likeness (QED) is 0.933. The molecule has 3 heterocycles. The molecule has 2 aliphatic rings. The van der Waals surface area contributed by atoms with Crippen molar-refractivity contribution >= 4 is 11.6 Å². The number of nitrogens with zero attached hydrogens (tertiary/aromatic N) is 4. The van der Waals surface area contributed by atoms with Gasteiger partial charge in [-0.25, -0.2) is 4.52 Å². The van der Waals surface area contributed by atoms with Gasteiger partial charge < -0.3 is 10.2 Å². The minimum absolute atomic E-state index is 0.657. The van der Waals surface area contributed by atoms with Crippen molar-refractivity contribution in [3.63, 3.8) is 0 Å². The van der Waals surface area contributed by atoms with Gasteiger partial charge in [0.05, 0.1) is 0 Å². The number of aromatic nitrogens is 3. The van der Waals surface area contributed by atoms with Crippen LogP contribution in [0.1, 0.15) is 31.2 Å². The van der Waals surface area contributed by atoms with Crippen molar-refractivity contribution in [3.8, 4) is 0 Å². The Balaban J connectivity index is 1.61. The lowest BCUT2D eigenvalue weighted by Crippen LogP contribution is -2.39. The van der Waals surface area contributed by atoms with Crippen molar-refractivity contribution in [2.75, 3.05) is 24.5 Å². The fourth-order valence-electron chi connectivity index (χ4n) is 3.29. The van der Waals surface area contributed by atoms with Crippen LogP contribution in [0, 0.1) is 12.8 Å². The molecule has 2 fully saturated rings. The van der Waals surface area contributed by atoms with Crippen molar-refractivity contribution in [1.29, 1.82) is 0 Å². The Labute approximate surface area is 125 Å². The molecule has 1 N–H and O–H groups in total. The van der Waals surface area contributed by atoms with Crippen LogP contribution in [0.2, 0.25) is 0 Å². The average molecular weight is 285 g/mol. The fraction of sp³-hybridized carbons (Fsp3) is 0.625. The molecule has 0 radical (unpaired) electrons. The van der Waals surface area contributed by atoms with E-state index in [0.717, 1.165) is 30.6 Å². The molecule has 5 heteroatoms. The largest absolute Gasteiger partial charge is 0.336 e. The van der Waals surface area contributed by atoms with Crippen molar-refractivity contribution in [3.05, 3.63) is 23.9 Å². The Morgan fingerprint density at radius 1 is 1.38 bits per heavy atom. The third kappa shape index (κ3) is 2.62. The first-order chi connectivity index (χ1) is 10.3. The highest BCUT2D eigenvalue weighted by Crippen LogP contribution is 2.31. The van der Waals surface area contributed by atoms with Gasteiger partial charge in [0.15, 0.2) is 5.65 Å². The Hall–Kier alpha value is -1.62. The van der Waals surface area contributed by atoms with E-state index in [0.29, 0.717) is 6.04 Å². The van der Waals surface area contributed by atoms with Crippen LogP contribution in [0.3, 0.4) is 0 Å². The first-order valence-corrected chi connectivity index (χ1v) is 8.10. The van der Waals surface area contributed by atoms with Crippen LogP contribution in [-0.2, 0) is 0 Å². The molecule has 0 aromatic carbocycles. The number of pyridine rings is 1. The van der Waals surface area contributed by atoms with Crippen molar-refractivity contribution in [1.82, 2.24) is 19.9 Å². The van der Waals surface area contributed by atoms with E-state index in [1.54, 1.807) is 0 Å². The molecular weight excluding hydrogens is 262 g/mol. The van der Waals surface area contributed by atoms with Crippen LogP contribution in [0.15, 0.2) is 18.3 Å². The molecule has 0 spiro atoms. The first-order valence-electron chi connectivity index (χ1n) is 8.10. The van der Waals surface area contributed by atoms with Crippen molar-refractivity contribution in [2.45, 2.75) is 38.6 Å². The molecule has 4 rings (SSSR count). The molecule has 1 unspecified atom stereocenters. The van der Waals surface area contributed by atoms with Crippen LogP contribution in [0.4, 0.5) is 5.95 Å². The number of anilines is 1. The predicted octanol–water partition coefficient (Wildman–Crippen LogP) is 2.01. The third-order valence-corrected chi connectivity index (χ3v) is 4.64. The van der Waals surface area contributed by atoms with Gasteiger partial charge in [-0.3, -0.25) is 0 Å². The number of fused-ring (bicyclic) bond motifs is 1. The standard InChI is InChI=1S/C16H23N5/c1-12-4-3-9-21-15(12)18-16(19-21)20(14-6-7-14)11-13-5-2-8-17-10-13/h3-4,9,13-14,17H,2,5-8,10-11H2,1H3. The maximum atomic E-state index is 4.80. The van der Waals surface area contributed by atoms with E-state index in [4.69, 9.17) is 10.1 Å². The highest BCUT2D eigenvalue weighted by Gasteiger charge is 2.33. The Kier molecular flexibility index (Phi) is 3.30. The molecule has 21 heavy (non-hydrogen) atoms. The molecule has 0 amide bonds. The van der Waals surface area contributed by atoms with Crippen molar-refractivity contribution in [2.24, 2.45) is 5.92 Å². The van der Waals surface area contributed by atoms with Gasteiger partial charge in [0, 0.05) is 18.8 Å². The second-order valence-corrected chi connectivity index (χ2v) is 6.47. The van der Waals surface area contributed by atoms with Crippen LogP contribution >= 0.6 is 0 Å². The summed E-state index contributed by atoms with van der Waals surface area (Å²) >= 11 is 0. The van der Waals surface area contributed by atoms with Gasteiger partial charge in [0.2, 0.25) is 5.95 Å². The van der Waals surface area contributed by atoms with Gasteiger partial charge >= 0.3 is 0 Å². The molecule has 1 atom stereocenters. The predicted molar refractivity (Wildman–Crippen MR) is 83.7 cm³/mol. The third-order valence-electron chi connectivity index (χ3n) is 4.64. The molecule has 1 aliphatic carbocycles. The zero-order valence-electron chi connectivity index (χ0n) is 12.6. The summed E-state index contributed by atoms with van der Waals surface area (Å²) < 4.78 is 1.92. The number of piperidine rings is 1. The van der Waals surface area contributed by atoms with E-state index in [1.807, 2.05) is 16.8 Å². The van der Waals surface area contributed by atoms with E-state index in [2.05, 4.69) is 23.2 Å². The molecule has 2 aromatic rings. The van der Waals surface area contributed by atoms with E-state index >= 15 is 0 Å². The van der Waals surface area contributed by atoms with Crippen molar-refractivity contribution < 1.29 is 0 Å². The SMILES string of the molecule is Cc1cccn2nc(N(CC3CCCNC3)C3CC3)nc12.